The van der Waals surface area contributed by atoms with Gasteiger partial charge in [0.05, 0.1) is 11.3 Å². The molecule has 0 bridgehead atoms. The van der Waals surface area contributed by atoms with E-state index in [2.05, 4.69) is 0 Å². The molecule has 0 aliphatic carbocycles. The summed E-state index contributed by atoms with van der Waals surface area (Å²) in [6.07, 6.45) is 0.499. The van der Waals surface area contributed by atoms with Crippen molar-refractivity contribution in [3.05, 3.63) is 0 Å². The molecule has 0 aromatic heterocycles. The van der Waals surface area contributed by atoms with E-state index in [4.69, 9.17) is 28.3 Å². The SMILES string of the molecule is CCC(Cl)(CCl)CC(=O)O. The van der Waals surface area contributed by atoms with Crippen LogP contribution in [-0.4, -0.2) is 21.8 Å². The normalized spacial score (nSPS) is 16.3. The molecule has 10 heavy (non-hydrogen) atoms. The maximum atomic E-state index is 10.2. The molecular formula is C6H10Cl2O2. The highest BCUT2D eigenvalue weighted by Crippen LogP contribution is 2.25. The molecule has 0 amide bonds. The van der Waals surface area contributed by atoms with Crippen molar-refractivity contribution in [1.29, 1.82) is 0 Å². The van der Waals surface area contributed by atoms with Gasteiger partial charge >= 0.3 is 5.97 Å². The van der Waals surface area contributed by atoms with Gasteiger partial charge < -0.3 is 5.11 Å². The maximum Gasteiger partial charge on any atom is 0.305 e. The zero-order valence-electron chi connectivity index (χ0n) is 5.73. The van der Waals surface area contributed by atoms with E-state index in [9.17, 15) is 4.79 Å². The molecule has 0 spiro atoms. The third kappa shape index (κ3) is 3.28. The van der Waals surface area contributed by atoms with Gasteiger partial charge in [-0.2, -0.15) is 0 Å². The summed E-state index contributed by atoms with van der Waals surface area (Å²) in [5.74, 6) is -0.727. The van der Waals surface area contributed by atoms with Crippen LogP contribution in [0.3, 0.4) is 0 Å². The second-order valence-electron chi connectivity index (χ2n) is 2.21. The molecule has 4 heteroatoms. The molecule has 0 saturated carbocycles. The summed E-state index contributed by atoms with van der Waals surface area (Å²) in [6, 6.07) is 0. The molecule has 0 aromatic rings. The number of hydrogen-bond acceptors (Lipinski definition) is 1. The van der Waals surface area contributed by atoms with Crippen LogP contribution in [0.1, 0.15) is 19.8 Å². The highest BCUT2D eigenvalue weighted by Gasteiger charge is 2.26. The fraction of sp³-hybridized carbons (Fsp3) is 0.833. The Bertz CT molecular complexity index is 121. The molecule has 0 rings (SSSR count). The summed E-state index contributed by atoms with van der Waals surface area (Å²) in [7, 11) is 0. The van der Waals surface area contributed by atoms with Crippen LogP contribution in [0.25, 0.3) is 0 Å². The van der Waals surface area contributed by atoms with Crippen molar-refractivity contribution in [3.63, 3.8) is 0 Å². The van der Waals surface area contributed by atoms with Crippen LogP contribution >= 0.6 is 23.2 Å². The van der Waals surface area contributed by atoms with Gasteiger partial charge in [0, 0.05) is 5.88 Å². The molecule has 0 saturated heterocycles. The average molecular weight is 185 g/mol. The predicted molar refractivity (Wildman–Crippen MR) is 41.8 cm³/mol. The highest BCUT2D eigenvalue weighted by molar-refractivity contribution is 6.31. The van der Waals surface area contributed by atoms with Crippen LogP contribution in [0.5, 0.6) is 0 Å². The Morgan fingerprint density at radius 1 is 1.70 bits per heavy atom. The lowest BCUT2D eigenvalue weighted by Crippen LogP contribution is -2.26. The summed E-state index contributed by atoms with van der Waals surface area (Å²) in [4.78, 5) is 9.43. The molecule has 60 valence electrons. The van der Waals surface area contributed by atoms with Gasteiger partial charge in [0.25, 0.3) is 0 Å². The van der Waals surface area contributed by atoms with Gasteiger partial charge in [-0.3, -0.25) is 4.79 Å². The Hall–Kier alpha value is 0.0500. The first-order valence-electron chi connectivity index (χ1n) is 3.01. The fourth-order valence-corrected chi connectivity index (χ4v) is 0.936. The van der Waals surface area contributed by atoms with Gasteiger partial charge in [-0.15, -0.1) is 23.2 Å². The van der Waals surface area contributed by atoms with E-state index in [1.54, 1.807) is 0 Å². The molecule has 0 heterocycles. The van der Waals surface area contributed by atoms with E-state index >= 15 is 0 Å². The minimum atomic E-state index is -0.905. The first kappa shape index (κ1) is 10.0. The number of rotatable bonds is 4. The van der Waals surface area contributed by atoms with Crippen LogP contribution in [0.4, 0.5) is 0 Å². The summed E-state index contributed by atoms with van der Waals surface area (Å²) in [5, 5.41) is 8.37. The van der Waals surface area contributed by atoms with E-state index in [0.717, 1.165) is 0 Å². The first-order chi connectivity index (χ1) is 4.54. The molecule has 1 N–H and O–H groups in total. The van der Waals surface area contributed by atoms with Gasteiger partial charge in [0.1, 0.15) is 0 Å². The van der Waals surface area contributed by atoms with Crippen molar-refractivity contribution in [2.24, 2.45) is 0 Å². The lowest BCUT2D eigenvalue weighted by atomic mass is 10.0. The van der Waals surface area contributed by atoms with Crippen LogP contribution in [-0.2, 0) is 4.79 Å². The number of halogens is 2. The Morgan fingerprint density at radius 3 is 2.30 bits per heavy atom. The molecule has 1 unspecified atom stereocenters. The number of alkyl halides is 2. The third-order valence-electron chi connectivity index (χ3n) is 1.34. The topological polar surface area (TPSA) is 37.3 Å². The van der Waals surface area contributed by atoms with Crippen molar-refractivity contribution in [1.82, 2.24) is 0 Å². The standard InChI is InChI=1S/C6H10Cl2O2/c1-2-6(8,4-7)3-5(9)10/h2-4H2,1H3,(H,9,10). The molecular weight excluding hydrogens is 175 g/mol. The second kappa shape index (κ2) is 4.04. The zero-order chi connectivity index (χ0) is 8.20. The Labute approximate surface area is 70.1 Å². The predicted octanol–water partition coefficient (Wildman–Crippen LogP) is 2.09. The van der Waals surface area contributed by atoms with Gasteiger partial charge in [-0.25, -0.2) is 0 Å². The van der Waals surface area contributed by atoms with Gasteiger partial charge in [0.15, 0.2) is 0 Å². The quantitative estimate of drug-likeness (QED) is 0.680. The van der Waals surface area contributed by atoms with E-state index in [0.29, 0.717) is 6.42 Å². The van der Waals surface area contributed by atoms with Crippen molar-refractivity contribution in [2.45, 2.75) is 24.6 Å². The third-order valence-corrected chi connectivity index (χ3v) is 2.52. The Balaban J connectivity index is 3.92. The van der Waals surface area contributed by atoms with Crippen LogP contribution in [0, 0.1) is 0 Å². The highest BCUT2D eigenvalue weighted by atomic mass is 35.5. The second-order valence-corrected chi connectivity index (χ2v) is 3.28. The van der Waals surface area contributed by atoms with Gasteiger partial charge in [0.2, 0.25) is 0 Å². The Morgan fingerprint density at radius 2 is 2.20 bits per heavy atom. The Kier molecular flexibility index (Phi) is 4.06. The molecule has 0 aliphatic rings. The lowest BCUT2D eigenvalue weighted by Gasteiger charge is -2.19. The lowest BCUT2D eigenvalue weighted by molar-refractivity contribution is -0.137. The average Bonchev–Trinajstić information content (AvgIpc) is 1.87. The van der Waals surface area contributed by atoms with E-state index in [1.807, 2.05) is 6.92 Å². The zero-order valence-corrected chi connectivity index (χ0v) is 7.24. The number of carboxylic acid groups (broad SMARTS) is 1. The van der Waals surface area contributed by atoms with Crippen molar-refractivity contribution in [3.8, 4) is 0 Å². The molecule has 2 nitrogen and oxygen atoms in total. The van der Waals surface area contributed by atoms with E-state index in [1.165, 1.54) is 0 Å². The van der Waals surface area contributed by atoms with E-state index < -0.39 is 10.8 Å². The number of carboxylic acids is 1. The largest absolute Gasteiger partial charge is 0.481 e. The molecule has 1 atom stereocenters. The molecule has 0 radical (unpaired) electrons. The molecule has 0 aromatic carbocycles. The van der Waals surface area contributed by atoms with E-state index in [-0.39, 0.29) is 12.3 Å². The van der Waals surface area contributed by atoms with Crippen LogP contribution in [0.2, 0.25) is 0 Å². The van der Waals surface area contributed by atoms with Gasteiger partial charge in [-0.05, 0) is 6.42 Å². The summed E-state index contributed by atoms with van der Waals surface area (Å²) >= 11 is 11.2. The summed E-state index contributed by atoms with van der Waals surface area (Å²) in [6.45, 7) is 1.82. The van der Waals surface area contributed by atoms with Gasteiger partial charge in [-0.1, -0.05) is 6.92 Å². The maximum absolute atomic E-state index is 10.2. The van der Waals surface area contributed by atoms with Crippen molar-refractivity contribution < 1.29 is 9.90 Å². The number of hydrogen-bond donors (Lipinski definition) is 1. The number of aliphatic carboxylic acids is 1. The fourth-order valence-electron chi connectivity index (χ4n) is 0.538. The van der Waals surface area contributed by atoms with Crippen LogP contribution < -0.4 is 0 Å². The summed E-state index contributed by atoms with van der Waals surface area (Å²) < 4.78 is 0. The first-order valence-corrected chi connectivity index (χ1v) is 3.92. The monoisotopic (exact) mass is 184 g/mol. The smallest absolute Gasteiger partial charge is 0.305 e. The minimum Gasteiger partial charge on any atom is -0.481 e. The van der Waals surface area contributed by atoms with Crippen LogP contribution in [0.15, 0.2) is 0 Å². The molecule has 0 fully saturated rings. The summed E-state index contributed by atoms with van der Waals surface area (Å²) in [5.41, 5.74) is 0. The number of carbonyl (C=O) groups is 1. The van der Waals surface area contributed by atoms with Crippen molar-refractivity contribution >= 4 is 29.2 Å². The molecule has 0 aliphatic heterocycles. The minimum absolute atomic E-state index is 0.0748. The van der Waals surface area contributed by atoms with Crippen molar-refractivity contribution in [2.75, 3.05) is 5.88 Å².